The first kappa shape index (κ1) is 11.8. The van der Waals surface area contributed by atoms with Crippen LogP contribution in [0.25, 0.3) is 10.9 Å². The molecule has 2 aromatic rings. The molecule has 1 aromatic heterocycles. The van der Waals surface area contributed by atoms with Crippen LogP contribution in [0.1, 0.15) is 19.8 Å². The van der Waals surface area contributed by atoms with Gasteiger partial charge in [0.2, 0.25) is 5.43 Å². The van der Waals surface area contributed by atoms with E-state index in [9.17, 15) is 9.90 Å². The van der Waals surface area contributed by atoms with Gasteiger partial charge in [-0.3, -0.25) is 9.48 Å². The second-order valence-corrected chi connectivity index (χ2v) is 4.15. The quantitative estimate of drug-likeness (QED) is 0.870. The second kappa shape index (κ2) is 5.10. The Labute approximate surface area is 99.5 Å². The molecule has 0 aliphatic rings. The van der Waals surface area contributed by atoms with Crippen molar-refractivity contribution in [2.75, 3.05) is 0 Å². The Kier molecular flexibility index (Phi) is 3.54. The van der Waals surface area contributed by atoms with Crippen LogP contribution in [0.5, 0.6) is 0 Å². The van der Waals surface area contributed by atoms with Crippen LogP contribution in [0.15, 0.2) is 35.3 Å². The van der Waals surface area contributed by atoms with Crippen molar-refractivity contribution in [3.63, 3.8) is 0 Å². The zero-order valence-corrected chi connectivity index (χ0v) is 9.84. The fourth-order valence-electron chi connectivity index (χ4n) is 1.93. The number of para-hydroxylation sites is 1. The van der Waals surface area contributed by atoms with E-state index in [0.717, 1.165) is 18.4 Å². The van der Waals surface area contributed by atoms with Gasteiger partial charge in [0.1, 0.15) is 0 Å². The van der Waals surface area contributed by atoms with Gasteiger partial charge in [-0.05, 0) is 18.6 Å². The average Bonchev–Trinajstić information content (AvgIpc) is 2.34. The minimum absolute atomic E-state index is 0.0816. The maximum Gasteiger partial charge on any atom is 0.207 e. The first-order valence-corrected chi connectivity index (χ1v) is 5.85. The third kappa shape index (κ3) is 2.53. The molecule has 1 N–H and O–H groups in total. The molecule has 1 atom stereocenters. The fraction of sp³-hybridized carbons (Fsp3) is 0.385. The SMILES string of the molecule is CCCC(O)Cn1ncc(=O)c2ccccc21. The van der Waals surface area contributed by atoms with Crippen LogP contribution >= 0.6 is 0 Å². The lowest BCUT2D eigenvalue weighted by Gasteiger charge is -2.13. The zero-order valence-electron chi connectivity index (χ0n) is 9.84. The van der Waals surface area contributed by atoms with Crippen molar-refractivity contribution in [2.24, 2.45) is 0 Å². The van der Waals surface area contributed by atoms with Gasteiger partial charge >= 0.3 is 0 Å². The summed E-state index contributed by atoms with van der Waals surface area (Å²) in [5, 5.41) is 14.5. The Morgan fingerprint density at radius 1 is 1.41 bits per heavy atom. The zero-order chi connectivity index (χ0) is 12.3. The summed E-state index contributed by atoms with van der Waals surface area (Å²) in [6, 6.07) is 7.33. The Balaban J connectivity index is 2.41. The molecule has 17 heavy (non-hydrogen) atoms. The van der Waals surface area contributed by atoms with Crippen LogP contribution < -0.4 is 5.43 Å². The predicted octanol–water partition coefficient (Wildman–Crippen LogP) is 1.56. The van der Waals surface area contributed by atoms with Gasteiger partial charge in [0.05, 0.1) is 24.4 Å². The Morgan fingerprint density at radius 2 is 2.18 bits per heavy atom. The van der Waals surface area contributed by atoms with Crippen LogP contribution in [0.2, 0.25) is 0 Å². The molecule has 1 unspecified atom stereocenters. The number of aromatic nitrogens is 2. The number of hydrogen-bond donors (Lipinski definition) is 1. The average molecular weight is 232 g/mol. The summed E-state index contributed by atoms with van der Waals surface area (Å²) < 4.78 is 1.69. The molecule has 1 heterocycles. The van der Waals surface area contributed by atoms with Crippen molar-refractivity contribution in [2.45, 2.75) is 32.4 Å². The number of aliphatic hydroxyl groups excluding tert-OH is 1. The van der Waals surface area contributed by atoms with Gasteiger partial charge in [0.15, 0.2) is 0 Å². The van der Waals surface area contributed by atoms with E-state index >= 15 is 0 Å². The van der Waals surface area contributed by atoms with Crippen LogP contribution in [0.4, 0.5) is 0 Å². The van der Waals surface area contributed by atoms with Crippen LogP contribution in [0, 0.1) is 0 Å². The fourth-order valence-corrected chi connectivity index (χ4v) is 1.93. The molecule has 0 aliphatic heterocycles. The smallest absolute Gasteiger partial charge is 0.207 e. The highest BCUT2D eigenvalue weighted by Gasteiger charge is 2.07. The minimum atomic E-state index is -0.418. The molecule has 0 saturated carbocycles. The van der Waals surface area contributed by atoms with Crippen molar-refractivity contribution in [3.05, 3.63) is 40.7 Å². The number of aliphatic hydroxyl groups is 1. The lowest BCUT2D eigenvalue weighted by atomic mass is 10.2. The molecule has 0 amide bonds. The van der Waals surface area contributed by atoms with E-state index in [1.165, 1.54) is 6.20 Å². The summed E-state index contributed by atoms with van der Waals surface area (Å²) >= 11 is 0. The molecule has 90 valence electrons. The number of hydrogen-bond acceptors (Lipinski definition) is 3. The number of benzene rings is 1. The second-order valence-electron chi connectivity index (χ2n) is 4.15. The van der Waals surface area contributed by atoms with E-state index in [-0.39, 0.29) is 5.43 Å². The maximum atomic E-state index is 11.6. The highest BCUT2D eigenvalue weighted by molar-refractivity contribution is 5.77. The first-order valence-electron chi connectivity index (χ1n) is 5.85. The molecule has 0 aliphatic carbocycles. The van der Waals surface area contributed by atoms with Crippen LogP contribution in [0.3, 0.4) is 0 Å². The Bertz CT molecular complexity index is 563. The van der Waals surface area contributed by atoms with Gasteiger partial charge < -0.3 is 5.11 Å². The highest BCUT2D eigenvalue weighted by atomic mass is 16.3. The van der Waals surface area contributed by atoms with Crippen LogP contribution in [-0.2, 0) is 6.54 Å². The van der Waals surface area contributed by atoms with E-state index in [1.807, 2.05) is 25.1 Å². The van der Waals surface area contributed by atoms with E-state index < -0.39 is 6.10 Å². The lowest BCUT2D eigenvalue weighted by molar-refractivity contribution is 0.140. The third-order valence-electron chi connectivity index (χ3n) is 2.77. The maximum absolute atomic E-state index is 11.6. The molecule has 4 nitrogen and oxygen atoms in total. The van der Waals surface area contributed by atoms with Gasteiger partial charge in [-0.1, -0.05) is 25.5 Å². The van der Waals surface area contributed by atoms with E-state index in [4.69, 9.17) is 0 Å². The normalized spacial score (nSPS) is 12.8. The molecule has 4 heteroatoms. The Morgan fingerprint density at radius 3 is 2.94 bits per heavy atom. The van der Waals surface area contributed by atoms with E-state index in [0.29, 0.717) is 11.9 Å². The standard InChI is InChI=1S/C13H16N2O2/c1-2-5-10(16)9-15-12-7-4-3-6-11(12)13(17)8-14-15/h3-4,6-8,10,16H,2,5,9H2,1H3. The highest BCUT2D eigenvalue weighted by Crippen LogP contribution is 2.09. The topological polar surface area (TPSA) is 55.1 Å². The van der Waals surface area contributed by atoms with Crippen molar-refractivity contribution in [3.8, 4) is 0 Å². The van der Waals surface area contributed by atoms with Crippen molar-refractivity contribution >= 4 is 10.9 Å². The Hall–Kier alpha value is -1.68. The molecule has 0 fully saturated rings. The summed E-state index contributed by atoms with van der Waals surface area (Å²) in [5.74, 6) is 0. The van der Waals surface area contributed by atoms with Gasteiger partial charge in [0, 0.05) is 5.39 Å². The molecule has 0 saturated heterocycles. The summed E-state index contributed by atoms with van der Waals surface area (Å²) in [5.41, 5.74) is 0.692. The van der Waals surface area contributed by atoms with Gasteiger partial charge in [-0.15, -0.1) is 0 Å². The summed E-state index contributed by atoms with van der Waals surface area (Å²) in [7, 11) is 0. The molecule has 0 spiro atoms. The minimum Gasteiger partial charge on any atom is -0.391 e. The molecule has 2 rings (SSSR count). The molecule has 0 radical (unpaired) electrons. The number of fused-ring (bicyclic) bond motifs is 1. The first-order chi connectivity index (χ1) is 8.22. The van der Waals surface area contributed by atoms with Gasteiger partial charge in [-0.25, -0.2) is 0 Å². The summed E-state index contributed by atoms with van der Waals surface area (Å²) in [6.07, 6.45) is 2.56. The van der Waals surface area contributed by atoms with Crippen molar-refractivity contribution < 1.29 is 5.11 Å². The third-order valence-corrected chi connectivity index (χ3v) is 2.77. The summed E-state index contributed by atoms with van der Waals surface area (Å²) in [6.45, 7) is 2.45. The number of nitrogens with zero attached hydrogens (tertiary/aromatic N) is 2. The predicted molar refractivity (Wildman–Crippen MR) is 66.9 cm³/mol. The van der Waals surface area contributed by atoms with E-state index in [1.54, 1.807) is 10.7 Å². The largest absolute Gasteiger partial charge is 0.391 e. The molecule has 0 bridgehead atoms. The van der Waals surface area contributed by atoms with Crippen molar-refractivity contribution in [1.82, 2.24) is 9.78 Å². The molecular weight excluding hydrogens is 216 g/mol. The lowest BCUT2D eigenvalue weighted by Crippen LogP contribution is -2.20. The molecule has 1 aromatic carbocycles. The van der Waals surface area contributed by atoms with Gasteiger partial charge in [0.25, 0.3) is 0 Å². The van der Waals surface area contributed by atoms with Gasteiger partial charge in [-0.2, -0.15) is 5.10 Å². The number of rotatable bonds is 4. The van der Waals surface area contributed by atoms with E-state index in [2.05, 4.69) is 5.10 Å². The summed E-state index contributed by atoms with van der Waals surface area (Å²) in [4.78, 5) is 11.6. The van der Waals surface area contributed by atoms with Crippen LogP contribution in [-0.4, -0.2) is 21.0 Å². The van der Waals surface area contributed by atoms with Crippen molar-refractivity contribution in [1.29, 1.82) is 0 Å². The molecular formula is C13H16N2O2. The monoisotopic (exact) mass is 232 g/mol.